The molecule has 0 aromatic heterocycles. The molecule has 2 N–H and O–H groups in total. The van der Waals surface area contributed by atoms with Gasteiger partial charge in [0.05, 0.1) is 16.9 Å². The molecule has 0 heterocycles. The standard InChI is InChI=1S/C17H18ClNO2S/c1-11-7-8-13(10-20)9-15(11)19-17(21)12(2)22-16-6-4-3-5-14(16)18/h3-9,12,20H,10H2,1-2H3,(H,19,21). The number of aliphatic hydroxyl groups is 1. The summed E-state index contributed by atoms with van der Waals surface area (Å²) >= 11 is 7.54. The van der Waals surface area contributed by atoms with Crippen LogP contribution in [0.5, 0.6) is 0 Å². The Morgan fingerprint density at radius 1 is 1.32 bits per heavy atom. The van der Waals surface area contributed by atoms with Crippen molar-refractivity contribution in [3.8, 4) is 0 Å². The summed E-state index contributed by atoms with van der Waals surface area (Å²) in [5.41, 5.74) is 2.45. The molecule has 1 atom stereocenters. The van der Waals surface area contributed by atoms with E-state index in [0.29, 0.717) is 5.02 Å². The second-order valence-corrected chi connectivity index (χ2v) is 6.78. The van der Waals surface area contributed by atoms with Crippen LogP contribution in [0.15, 0.2) is 47.4 Å². The van der Waals surface area contributed by atoms with Gasteiger partial charge in [-0.05, 0) is 43.2 Å². The van der Waals surface area contributed by atoms with Crippen molar-refractivity contribution in [2.75, 3.05) is 5.32 Å². The van der Waals surface area contributed by atoms with Gasteiger partial charge >= 0.3 is 0 Å². The molecule has 0 bridgehead atoms. The summed E-state index contributed by atoms with van der Waals surface area (Å²) in [6.45, 7) is 3.71. The maximum Gasteiger partial charge on any atom is 0.237 e. The van der Waals surface area contributed by atoms with E-state index >= 15 is 0 Å². The largest absolute Gasteiger partial charge is 0.392 e. The summed E-state index contributed by atoms with van der Waals surface area (Å²) in [5.74, 6) is -0.0943. The Morgan fingerprint density at radius 3 is 2.73 bits per heavy atom. The van der Waals surface area contributed by atoms with Crippen LogP contribution in [-0.4, -0.2) is 16.3 Å². The van der Waals surface area contributed by atoms with Gasteiger partial charge in [0.2, 0.25) is 5.91 Å². The first-order valence-electron chi connectivity index (χ1n) is 6.93. The highest BCUT2D eigenvalue weighted by Crippen LogP contribution is 2.30. The molecule has 0 spiro atoms. The number of thioether (sulfide) groups is 1. The van der Waals surface area contributed by atoms with Crippen molar-refractivity contribution in [3.63, 3.8) is 0 Å². The highest BCUT2D eigenvalue weighted by atomic mass is 35.5. The van der Waals surface area contributed by atoms with Crippen molar-refractivity contribution < 1.29 is 9.90 Å². The van der Waals surface area contributed by atoms with Gasteiger partial charge in [-0.1, -0.05) is 35.9 Å². The third-order valence-corrected chi connectivity index (χ3v) is 4.87. The molecule has 2 aromatic rings. The van der Waals surface area contributed by atoms with Crippen LogP contribution in [0.25, 0.3) is 0 Å². The van der Waals surface area contributed by atoms with E-state index in [1.54, 1.807) is 6.07 Å². The number of benzene rings is 2. The fourth-order valence-corrected chi connectivity index (χ4v) is 3.07. The molecule has 1 unspecified atom stereocenters. The van der Waals surface area contributed by atoms with Gasteiger partial charge in [-0.15, -0.1) is 11.8 Å². The van der Waals surface area contributed by atoms with Crippen molar-refractivity contribution in [1.82, 2.24) is 0 Å². The van der Waals surface area contributed by atoms with Gasteiger partial charge in [-0.2, -0.15) is 0 Å². The average molecular weight is 336 g/mol. The number of carbonyl (C=O) groups is 1. The molecule has 3 nitrogen and oxygen atoms in total. The Kier molecular flexibility index (Phi) is 5.89. The quantitative estimate of drug-likeness (QED) is 0.803. The number of rotatable bonds is 5. The van der Waals surface area contributed by atoms with Gasteiger partial charge in [-0.3, -0.25) is 4.79 Å². The van der Waals surface area contributed by atoms with E-state index in [-0.39, 0.29) is 17.8 Å². The highest BCUT2D eigenvalue weighted by Gasteiger charge is 2.16. The summed E-state index contributed by atoms with van der Waals surface area (Å²) < 4.78 is 0. The molecule has 0 saturated heterocycles. The molecule has 5 heteroatoms. The van der Waals surface area contributed by atoms with Gasteiger partial charge in [0.15, 0.2) is 0 Å². The summed E-state index contributed by atoms with van der Waals surface area (Å²) in [5, 5.41) is 12.5. The fraction of sp³-hybridized carbons (Fsp3) is 0.235. The Labute approximate surface area is 139 Å². The number of carbonyl (C=O) groups excluding carboxylic acids is 1. The summed E-state index contributed by atoms with van der Waals surface area (Å²) in [4.78, 5) is 13.2. The smallest absolute Gasteiger partial charge is 0.237 e. The monoisotopic (exact) mass is 335 g/mol. The first-order valence-corrected chi connectivity index (χ1v) is 8.19. The minimum absolute atomic E-state index is 0.0485. The number of aliphatic hydroxyl groups excluding tert-OH is 1. The van der Waals surface area contributed by atoms with Crippen LogP contribution in [0.4, 0.5) is 5.69 Å². The van der Waals surface area contributed by atoms with Gasteiger partial charge in [0, 0.05) is 10.6 Å². The Balaban J connectivity index is 2.07. The van der Waals surface area contributed by atoms with E-state index < -0.39 is 0 Å². The Bertz CT molecular complexity index is 675. The van der Waals surface area contributed by atoms with Crippen molar-refractivity contribution >= 4 is 35.0 Å². The molecule has 2 rings (SSSR count). The maximum atomic E-state index is 12.3. The second-order valence-electron chi connectivity index (χ2n) is 4.99. The zero-order chi connectivity index (χ0) is 16.1. The van der Waals surface area contributed by atoms with Crippen LogP contribution in [0.3, 0.4) is 0 Å². The first kappa shape index (κ1) is 16.9. The Hall–Kier alpha value is -1.49. The highest BCUT2D eigenvalue weighted by molar-refractivity contribution is 8.00. The first-order chi connectivity index (χ1) is 10.5. The van der Waals surface area contributed by atoms with Crippen molar-refractivity contribution in [2.24, 2.45) is 0 Å². The fourth-order valence-electron chi connectivity index (χ4n) is 1.92. The van der Waals surface area contributed by atoms with Crippen molar-refractivity contribution in [1.29, 1.82) is 0 Å². The summed E-state index contributed by atoms with van der Waals surface area (Å²) in [7, 11) is 0. The lowest BCUT2D eigenvalue weighted by atomic mass is 10.1. The molecular weight excluding hydrogens is 318 g/mol. The summed E-state index contributed by atoms with van der Waals surface area (Å²) in [6.07, 6.45) is 0. The number of nitrogens with one attached hydrogen (secondary N) is 1. The van der Waals surface area contributed by atoms with E-state index in [1.165, 1.54) is 11.8 Å². The zero-order valence-corrected chi connectivity index (χ0v) is 14.0. The lowest BCUT2D eigenvalue weighted by molar-refractivity contribution is -0.115. The molecule has 0 aliphatic heterocycles. The number of amides is 1. The zero-order valence-electron chi connectivity index (χ0n) is 12.5. The molecule has 1 amide bonds. The number of halogens is 1. The number of hydrogen-bond acceptors (Lipinski definition) is 3. The molecule has 22 heavy (non-hydrogen) atoms. The molecule has 0 aliphatic rings. The van der Waals surface area contributed by atoms with E-state index in [2.05, 4.69) is 5.32 Å². The SMILES string of the molecule is Cc1ccc(CO)cc1NC(=O)C(C)Sc1ccccc1Cl. The minimum atomic E-state index is -0.280. The van der Waals surface area contributed by atoms with Crippen LogP contribution >= 0.6 is 23.4 Å². The number of hydrogen-bond donors (Lipinski definition) is 2. The van der Waals surface area contributed by atoms with Crippen LogP contribution in [0.2, 0.25) is 5.02 Å². The Morgan fingerprint density at radius 2 is 2.05 bits per heavy atom. The normalized spacial score (nSPS) is 12.0. The maximum absolute atomic E-state index is 12.3. The predicted octanol–water partition coefficient (Wildman–Crippen LogP) is 4.26. The van der Waals surface area contributed by atoms with E-state index in [0.717, 1.165) is 21.7 Å². The minimum Gasteiger partial charge on any atom is -0.392 e. The molecular formula is C17H18ClNO2S. The average Bonchev–Trinajstić information content (AvgIpc) is 2.51. The third kappa shape index (κ3) is 4.26. The van der Waals surface area contributed by atoms with Crippen LogP contribution in [0.1, 0.15) is 18.1 Å². The lowest BCUT2D eigenvalue weighted by Gasteiger charge is -2.15. The second kappa shape index (κ2) is 7.68. The van der Waals surface area contributed by atoms with E-state index in [9.17, 15) is 9.90 Å². The van der Waals surface area contributed by atoms with Gasteiger partial charge in [0.1, 0.15) is 0 Å². The van der Waals surface area contributed by atoms with Crippen molar-refractivity contribution in [3.05, 3.63) is 58.6 Å². The summed E-state index contributed by atoms with van der Waals surface area (Å²) in [6, 6.07) is 13.0. The van der Waals surface area contributed by atoms with Crippen LogP contribution in [-0.2, 0) is 11.4 Å². The number of aryl methyl sites for hydroxylation is 1. The van der Waals surface area contributed by atoms with Gasteiger partial charge in [0.25, 0.3) is 0 Å². The predicted molar refractivity (Wildman–Crippen MR) is 92.5 cm³/mol. The molecule has 0 fully saturated rings. The molecule has 0 saturated carbocycles. The van der Waals surface area contributed by atoms with E-state index in [1.807, 2.05) is 50.2 Å². The molecule has 0 radical (unpaired) electrons. The molecule has 116 valence electrons. The van der Waals surface area contributed by atoms with Gasteiger partial charge in [-0.25, -0.2) is 0 Å². The van der Waals surface area contributed by atoms with Gasteiger partial charge < -0.3 is 10.4 Å². The van der Waals surface area contributed by atoms with Crippen molar-refractivity contribution in [2.45, 2.75) is 30.6 Å². The van der Waals surface area contributed by atoms with E-state index in [4.69, 9.17) is 11.6 Å². The third-order valence-electron chi connectivity index (χ3n) is 3.25. The lowest BCUT2D eigenvalue weighted by Crippen LogP contribution is -2.23. The molecule has 0 aliphatic carbocycles. The topological polar surface area (TPSA) is 49.3 Å². The number of anilines is 1. The van der Waals surface area contributed by atoms with Crippen LogP contribution < -0.4 is 5.32 Å². The molecule has 2 aromatic carbocycles. The van der Waals surface area contributed by atoms with Crippen LogP contribution in [0, 0.1) is 6.92 Å².